The first kappa shape index (κ1) is 13.0. The second-order valence-electron chi connectivity index (χ2n) is 5.61. The summed E-state index contributed by atoms with van der Waals surface area (Å²) in [5, 5.41) is 7.31. The molecule has 0 atom stereocenters. The fourth-order valence-electron chi connectivity index (χ4n) is 2.81. The monoisotopic (exact) mass is 302 g/mol. The van der Waals surface area contributed by atoms with E-state index in [9.17, 15) is 0 Å². The SMILES string of the molecule is S=c1[nH]nc(C2CC2)n1-c1ccc(N2CCOCC2)cc1. The van der Waals surface area contributed by atoms with Gasteiger partial charge in [-0.3, -0.25) is 9.67 Å². The second-order valence-corrected chi connectivity index (χ2v) is 6.00. The summed E-state index contributed by atoms with van der Waals surface area (Å²) in [4.78, 5) is 2.35. The molecule has 110 valence electrons. The summed E-state index contributed by atoms with van der Waals surface area (Å²) in [6, 6.07) is 8.57. The van der Waals surface area contributed by atoms with Gasteiger partial charge in [0.2, 0.25) is 0 Å². The Hall–Kier alpha value is -1.66. The highest BCUT2D eigenvalue weighted by Gasteiger charge is 2.29. The Bertz CT molecular complexity index is 680. The molecule has 2 aliphatic rings. The van der Waals surface area contributed by atoms with Gasteiger partial charge in [0.1, 0.15) is 5.82 Å². The van der Waals surface area contributed by atoms with Crippen molar-refractivity contribution in [2.45, 2.75) is 18.8 Å². The van der Waals surface area contributed by atoms with Crippen LogP contribution in [0.15, 0.2) is 24.3 Å². The first-order chi connectivity index (χ1) is 10.3. The molecule has 1 aromatic carbocycles. The molecule has 2 heterocycles. The minimum atomic E-state index is 0.567. The van der Waals surface area contributed by atoms with Crippen LogP contribution in [0.1, 0.15) is 24.6 Å². The maximum Gasteiger partial charge on any atom is 0.199 e. The molecule has 2 fully saturated rings. The van der Waals surface area contributed by atoms with Gasteiger partial charge in [-0.2, -0.15) is 5.10 Å². The Morgan fingerprint density at radius 2 is 1.76 bits per heavy atom. The van der Waals surface area contributed by atoms with E-state index < -0.39 is 0 Å². The summed E-state index contributed by atoms with van der Waals surface area (Å²) in [5.74, 6) is 1.64. The molecule has 1 aromatic heterocycles. The lowest BCUT2D eigenvalue weighted by Gasteiger charge is -2.28. The Kier molecular flexibility index (Phi) is 3.27. The Morgan fingerprint density at radius 1 is 1.10 bits per heavy atom. The lowest BCUT2D eigenvalue weighted by molar-refractivity contribution is 0.122. The number of nitrogens with one attached hydrogen (secondary N) is 1. The topological polar surface area (TPSA) is 46.1 Å². The fraction of sp³-hybridized carbons (Fsp3) is 0.467. The van der Waals surface area contributed by atoms with Crippen molar-refractivity contribution in [1.82, 2.24) is 14.8 Å². The number of hydrogen-bond acceptors (Lipinski definition) is 4. The third-order valence-corrected chi connectivity index (χ3v) is 4.40. The fourth-order valence-corrected chi connectivity index (χ4v) is 3.05. The molecule has 21 heavy (non-hydrogen) atoms. The minimum absolute atomic E-state index is 0.567. The van der Waals surface area contributed by atoms with Gasteiger partial charge in [0.25, 0.3) is 0 Å². The van der Waals surface area contributed by atoms with E-state index in [2.05, 4.69) is 43.9 Å². The number of H-pyrrole nitrogens is 1. The minimum Gasteiger partial charge on any atom is -0.378 e. The third kappa shape index (κ3) is 2.49. The third-order valence-electron chi connectivity index (χ3n) is 4.12. The van der Waals surface area contributed by atoms with Gasteiger partial charge in [0, 0.05) is 30.4 Å². The molecule has 1 saturated heterocycles. The predicted octanol–water partition coefficient (Wildman–Crippen LogP) is 2.64. The molecule has 1 saturated carbocycles. The van der Waals surface area contributed by atoms with E-state index in [0.29, 0.717) is 10.7 Å². The lowest BCUT2D eigenvalue weighted by atomic mass is 10.2. The zero-order valence-electron chi connectivity index (χ0n) is 11.8. The molecule has 0 spiro atoms. The van der Waals surface area contributed by atoms with Gasteiger partial charge < -0.3 is 9.64 Å². The highest BCUT2D eigenvalue weighted by Crippen LogP contribution is 2.39. The first-order valence-electron chi connectivity index (χ1n) is 7.43. The van der Waals surface area contributed by atoms with Crippen molar-refractivity contribution in [3.8, 4) is 5.69 Å². The van der Waals surface area contributed by atoms with Crippen LogP contribution < -0.4 is 4.90 Å². The van der Waals surface area contributed by atoms with Crippen LogP contribution >= 0.6 is 12.2 Å². The first-order valence-corrected chi connectivity index (χ1v) is 7.84. The summed E-state index contributed by atoms with van der Waals surface area (Å²) in [5.41, 5.74) is 2.33. The molecule has 1 aliphatic carbocycles. The summed E-state index contributed by atoms with van der Waals surface area (Å²) in [6.07, 6.45) is 2.43. The molecule has 1 aliphatic heterocycles. The number of morpholine rings is 1. The maximum atomic E-state index is 5.40. The van der Waals surface area contributed by atoms with E-state index in [0.717, 1.165) is 37.8 Å². The van der Waals surface area contributed by atoms with Crippen LogP contribution in [0.5, 0.6) is 0 Å². The Morgan fingerprint density at radius 3 is 2.43 bits per heavy atom. The van der Waals surface area contributed by atoms with E-state index in [1.54, 1.807) is 0 Å². The molecule has 0 amide bonds. The molecule has 5 nitrogen and oxygen atoms in total. The van der Waals surface area contributed by atoms with E-state index in [-0.39, 0.29) is 0 Å². The molecule has 4 rings (SSSR count). The molecule has 0 bridgehead atoms. The molecular weight excluding hydrogens is 284 g/mol. The lowest BCUT2D eigenvalue weighted by Crippen LogP contribution is -2.36. The second kappa shape index (κ2) is 5.27. The molecule has 1 N–H and O–H groups in total. The van der Waals surface area contributed by atoms with Gasteiger partial charge >= 0.3 is 0 Å². The maximum absolute atomic E-state index is 5.40. The number of rotatable bonds is 3. The highest BCUT2D eigenvalue weighted by atomic mass is 32.1. The van der Waals surface area contributed by atoms with Gasteiger partial charge in [0.15, 0.2) is 4.77 Å². The van der Waals surface area contributed by atoms with Crippen molar-refractivity contribution < 1.29 is 4.74 Å². The van der Waals surface area contributed by atoms with Crippen LogP contribution in [-0.4, -0.2) is 41.1 Å². The highest BCUT2D eigenvalue weighted by molar-refractivity contribution is 7.71. The van der Waals surface area contributed by atoms with Crippen molar-refractivity contribution in [2.24, 2.45) is 0 Å². The van der Waals surface area contributed by atoms with Gasteiger partial charge in [-0.25, -0.2) is 0 Å². The van der Waals surface area contributed by atoms with Crippen LogP contribution in [0.2, 0.25) is 0 Å². The summed E-state index contributed by atoms with van der Waals surface area (Å²) in [7, 11) is 0. The molecule has 2 aromatic rings. The number of anilines is 1. The van der Waals surface area contributed by atoms with Crippen molar-refractivity contribution in [3.05, 3.63) is 34.9 Å². The number of ether oxygens (including phenoxy) is 1. The molecule has 0 radical (unpaired) electrons. The van der Waals surface area contributed by atoms with Gasteiger partial charge in [-0.05, 0) is 49.3 Å². The van der Waals surface area contributed by atoms with Crippen molar-refractivity contribution in [1.29, 1.82) is 0 Å². The van der Waals surface area contributed by atoms with Crippen molar-refractivity contribution in [3.63, 3.8) is 0 Å². The summed E-state index contributed by atoms with van der Waals surface area (Å²) in [6.45, 7) is 3.52. The predicted molar refractivity (Wildman–Crippen MR) is 83.8 cm³/mol. The standard InChI is InChI=1S/C15H18N4OS/c21-15-17-16-14(11-1-2-11)19(15)13-5-3-12(4-6-13)18-7-9-20-10-8-18/h3-6,11H,1-2,7-10H2,(H,17,21). The normalized spacial score (nSPS) is 19.0. The van der Waals surface area contributed by atoms with E-state index >= 15 is 0 Å². The van der Waals surface area contributed by atoms with E-state index in [1.165, 1.54) is 18.5 Å². The summed E-state index contributed by atoms with van der Waals surface area (Å²) < 4.78 is 8.14. The average molecular weight is 302 g/mol. The Balaban J connectivity index is 1.64. The van der Waals surface area contributed by atoms with E-state index in [4.69, 9.17) is 17.0 Å². The largest absolute Gasteiger partial charge is 0.378 e. The zero-order chi connectivity index (χ0) is 14.2. The molecular formula is C15H18N4OS. The number of benzene rings is 1. The van der Waals surface area contributed by atoms with Gasteiger partial charge in [-0.15, -0.1) is 0 Å². The van der Waals surface area contributed by atoms with Crippen molar-refractivity contribution in [2.75, 3.05) is 31.2 Å². The van der Waals surface area contributed by atoms with E-state index in [1.807, 2.05) is 0 Å². The number of aromatic nitrogens is 3. The van der Waals surface area contributed by atoms with Crippen LogP contribution in [0.4, 0.5) is 5.69 Å². The average Bonchev–Trinajstić information content (AvgIpc) is 3.31. The Labute approximate surface area is 128 Å². The molecule has 0 unspecified atom stereocenters. The number of nitrogens with zero attached hydrogens (tertiary/aromatic N) is 3. The summed E-state index contributed by atoms with van der Waals surface area (Å²) >= 11 is 5.38. The smallest absolute Gasteiger partial charge is 0.199 e. The van der Waals surface area contributed by atoms with Gasteiger partial charge in [0.05, 0.1) is 13.2 Å². The quantitative estimate of drug-likeness (QED) is 0.886. The van der Waals surface area contributed by atoms with Crippen LogP contribution in [0, 0.1) is 4.77 Å². The number of hydrogen-bond donors (Lipinski definition) is 1. The van der Waals surface area contributed by atoms with Crippen LogP contribution in [0.3, 0.4) is 0 Å². The van der Waals surface area contributed by atoms with Crippen LogP contribution in [-0.2, 0) is 4.74 Å². The van der Waals surface area contributed by atoms with Crippen LogP contribution in [0.25, 0.3) is 5.69 Å². The van der Waals surface area contributed by atoms with Crippen molar-refractivity contribution >= 4 is 17.9 Å². The zero-order valence-corrected chi connectivity index (χ0v) is 12.6. The number of aromatic amines is 1. The van der Waals surface area contributed by atoms with Gasteiger partial charge in [-0.1, -0.05) is 0 Å². The molecule has 6 heteroatoms.